The van der Waals surface area contributed by atoms with Crippen molar-refractivity contribution in [3.05, 3.63) is 60.1 Å². The average molecular weight is 376 g/mol. The first-order valence-electron chi connectivity index (χ1n) is 7.11. The summed E-state index contributed by atoms with van der Waals surface area (Å²) in [5, 5.41) is 4.50. The largest absolute Gasteiger partial charge is 0.443 e. The van der Waals surface area contributed by atoms with Gasteiger partial charge in [0, 0.05) is 5.56 Å². The number of aromatic nitrogens is 2. The molecule has 2 heterocycles. The molecule has 2 aromatic heterocycles. The molecule has 25 heavy (non-hydrogen) atoms. The minimum Gasteiger partial charge on any atom is -0.443 e. The van der Waals surface area contributed by atoms with Crippen LogP contribution in [0.25, 0.3) is 22.3 Å². The Morgan fingerprint density at radius 2 is 1.92 bits per heavy atom. The fraction of sp³-hybridized carbons (Fsp3) is 0. The summed E-state index contributed by atoms with van der Waals surface area (Å²) in [6, 6.07) is 11.4. The van der Waals surface area contributed by atoms with Gasteiger partial charge >= 0.3 is 0 Å². The van der Waals surface area contributed by atoms with E-state index in [4.69, 9.17) is 20.5 Å². The summed E-state index contributed by atoms with van der Waals surface area (Å²) in [5.74, 6) is 0.358. The summed E-state index contributed by atoms with van der Waals surface area (Å²) in [4.78, 5) is 3.85. The molecule has 0 aliphatic heterocycles. The van der Waals surface area contributed by atoms with Crippen molar-refractivity contribution in [1.82, 2.24) is 10.1 Å². The van der Waals surface area contributed by atoms with Crippen molar-refractivity contribution in [3.8, 4) is 11.3 Å². The number of oxazole rings is 1. The van der Waals surface area contributed by atoms with Gasteiger partial charge in [0.1, 0.15) is 0 Å². The molecule has 0 fully saturated rings. The number of hydrogen-bond acceptors (Lipinski definition) is 6. The summed E-state index contributed by atoms with van der Waals surface area (Å²) in [5.41, 5.74) is 0.764. The van der Waals surface area contributed by atoms with Crippen LogP contribution in [0.2, 0.25) is 5.02 Å². The van der Waals surface area contributed by atoms with E-state index in [1.807, 2.05) is 0 Å². The van der Waals surface area contributed by atoms with Gasteiger partial charge in [0.25, 0.3) is 10.0 Å². The fourth-order valence-corrected chi connectivity index (χ4v) is 3.93. The van der Waals surface area contributed by atoms with E-state index in [0.29, 0.717) is 27.3 Å². The molecule has 7 nitrogen and oxygen atoms in total. The SMILES string of the molecule is O=S(=O)(Nc1noc2cccc(Cl)c12)c1ccccc1-c1cnco1. The van der Waals surface area contributed by atoms with Gasteiger partial charge in [0.05, 0.1) is 21.5 Å². The number of nitrogens with zero attached hydrogens (tertiary/aromatic N) is 2. The Balaban J connectivity index is 1.81. The van der Waals surface area contributed by atoms with Gasteiger partial charge < -0.3 is 8.94 Å². The second-order valence-electron chi connectivity index (χ2n) is 5.11. The van der Waals surface area contributed by atoms with Crippen LogP contribution in [0, 0.1) is 0 Å². The topological polar surface area (TPSA) is 98.2 Å². The van der Waals surface area contributed by atoms with Crippen LogP contribution in [0.4, 0.5) is 5.82 Å². The fourth-order valence-electron chi connectivity index (χ4n) is 2.46. The third-order valence-corrected chi connectivity index (χ3v) is 5.26. The maximum atomic E-state index is 12.9. The average Bonchev–Trinajstić information content (AvgIpc) is 3.25. The van der Waals surface area contributed by atoms with Gasteiger partial charge in [0.2, 0.25) is 0 Å². The Morgan fingerprint density at radius 1 is 1.08 bits per heavy atom. The Hall–Kier alpha value is -2.84. The molecule has 0 saturated carbocycles. The first-order chi connectivity index (χ1) is 12.1. The van der Waals surface area contributed by atoms with Crippen LogP contribution in [0.15, 0.2) is 68.9 Å². The molecule has 0 aliphatic carbocycles. The van der Waals surface area contributed by atoms with Gasteiger partial charge in [-0.1, -0.05) is 35.0 Å². The molecule has 0 aliphatic rings. The molecule has 4 aromatic rings. The van der Waals surface area contributed by atoms with Crippen molar-refractivity contribution in [1.29, 1.82) is 0 Å². The number of fused-ring (bicyclic) bond motifs is 1. The van der Waals surface area contributed by atoms with Gasteiger partial charge in [-0.25, -0.2) is 13.4 Å². The van der Waals surface area contributed by atoms with E-state index in [1.54, 1.807) is 36.4 Å². The normalized spacial score (nSPS) is 11.7. The molecular weight excluding hydrogens is 366 g/mol. The van der Waals surface area contributed by atoms with Crippen molar-refractivity contribution in [3.63, 3.8) is 0 Å². The predicted molar refractivity (Wildman–Crippen MR) is 91.8 cm³/mol. The van der Waals surface area contributed by atoms with E-state index in [9.17, 15) is 8.42 Å². The van der Waals surface area contributed by atoms with Crippen molar-refractivity contribution in [2.45, 2.75) is 4.90 Å². The molecule has 1 N–H and O–H groups in total. The quantitative estimate of drug-likeness (QED) is 0.580. The number of benzene rings is 2. The maximum Gasteiger partial charge on any atom is 0.263 e. The van der Waals surface area contributed by atoms with Gasteiger partial charge in [-0.05, 0) is 24.3 Å². The van der Waals surface area contributed by atoms with Crippen LogP contribution >= 0.6 is 11.6 Å². The number of nitrogens with one attached hydrogen (secondary N) is 1. The highest BCUT2D eigenvalue weighted by Gasteiger charge is 2.24. The molecule has 0 unspecified atom stereocenters. The number of rotatable bonds is 4. The van der Waals surface area contributed by atoms with Gasteiger partial charge in [-0.3, -0.25) is 4.72 Å². The molecule has 0 radical (unpaired) electrons. The van der Waals surface area contributed by atoms with Gasteiger partial charge in [-0.15, -0.1) is 0 Å². The van der Waals surface area contributed by atoms with E-state index in [-0.39, 0.29) is 10.7 Å². The molecule has 0 spiro atoms. The monoisotopic (exact) mass is 375 g/mol. The molecule has 9 heteroatoms. The third kappa shape index (κ3) is 2.75. The van der Waals surface area contributed by atoms with Crippen molar-refractivity contribution in [2.75, 3.05) is 4.72 Å². The zero-order chi connectivity index (χ0) is 17.4. The lowest BCUT2D eigenvalue weighted by atomic mass is 10.2. The number of sulfonamides is 1. The molecule has 0 saturated heterocycles. The highest BCUT2D eigenvalue weighted by Crippen LogP contribution is 2.33. The number of halogens is 1. The molecule has 4 rings (SSSR count). The highest BCUT2D eigenvalue weighted by atomic mass is 35.5. The van der Waals surface area contributed by atoms with E-state index in [1.165, 1.54) is 18.7 Å². The van der Waals surface area contributed by atoms with E-state index >= 15 is 0 Å². The first kappa shape index (κ1) is 15.7. The molecule has 126 valence electrons. The van der Waals surface area contributed by atoms with Crippen molar-refractivity contribution < 1.29 is 17.4 Å². The number of hydrogen-bond donors (Lipinski definition) is 1. The van der Waals surface area contributed by atoms with Crippen LogP contribution in [0.3, 0.4) is 0 Å². The molecule has 0 amide bonds. The van der Waals surface area contributed by atoms with Crippen LogP contribution < -0.4 is 4.72 Å². The second kappa shape index (κ2) is 5.91. The summed E-state index contributed by atoms with van der Waals surface area (Å²) in [7, 11) is -3.97. The highest BCUT2D eigenvalue weighted by molar-refractivity contribution is 7.92. The zero-order valence-corrected chi connectivity index (χ0v) is 14.1. The number of anilines is 1. The zero-order valence-electron chi connectivity index (χ0n) is 12.5. The van der Waals surface area contributed by atoms with Crippen molar-refractivity contribution in [2.24, 2.45) is 0 Å². The lowest BCUT2D eigenvalue weighted by Crippen LogP contribution is -2.14. The Bertz CT molecular complexity index is 1150. The van der Waals surface area contributed by atoms with Crippen molar-refractivity contribution >= 4 is 38.4 Å². The predicted octanol–water partition coefficient (Wildman–Crippen LogP) is 3.94. The minimum absolute atomic E-state index is 0.0213. The minimum atomic E-state index is -3.97. The van der Waals surface area contributed by atoms with Crippen LogP contribution in [-0.4, -0.2) is 18.6 Å². The summed E-state index contributed by atoms with van der Waals surface area (Å²) >= 11 is 6.13. The molecule has 0 atom stereocenters. The van der Waals surface area contributed by atoms with Crippen LogP contribution in [0.5, 0.6) is 0 Å². The van der Waals surface area contributed by atoms with Crippen LogP contribution in [-0.2, 0) is 10.0 Å². The smallest absolute Gasteiger partial charge is 0.263 e. The lowest BCUT2D eigenvalue weighted by Gasteiger charge is -2.09. The Kier molecular flexibility index (Phi) is 3.70. The summed E-state index contributed by atoms with van der Waals surface area (Å²) in [6.07, 6.45) is 2.67. The Labute approximate surface area is 147 Å². The molecular formula is C16H10ClN3O4S. The maximum absolute atomic E-state index is 12.9. The Morgan fingerprint density at radius 3 is 2.72 bits per heavy atom. The summed E-state index contributed by atoms with van der Waals surface area (Å²) < 4.78 is 38.5. The first-order valence-corrected chi connectivity index (χ1v) is 8.97. The lowest BCUT2D eigenvalue weighted by molar-refractivity contribution is 0.460. The second-order valence-corrected chi connectivity index (χ2v) is 7.17. The van der Waals surface area contributed by atoms with Crippen LogP contribution in [0.1, 0.15) is 0 Å². The van der Waals surface area contributed by atoms with E-state index in [2.05, 4.69) is 14.9 Å². The summed E-state index contributed by atoms with van der Waals surface area (Å²) in [6.45, 7) is 0. The van der Waals surface area contributed by atoms with E-state index in [0.717, 1.165) is 0 Å². The van der Waals surface area contributed by atoms with E-state index < -0.39 is 10.0 Å². The standard InChI is InChI=1S/C16H10ClN3O4S/c17-11-5-3-6-12-15(11)16(19-24-12)20-25(21,22)14-7-2-1-4-10(14)13-8-18-9-23-13/h1-9H,(H,19,20). The molecule has 0 bridgehead atoms. The molecule has 2 aromatic carbocycles. The van der Waals surface area contributed by atoms with Gasteiger partial charge in [-0.2, -0.15) is 0 Å². The van der Waals surface area contributed by atoms with Gasteiger partial charge in [0.15, 0.2) is 23.6 Å². The third-order valence-electron chi connectivity index (χ3n) is 3.55.